The lowest BCUT2D eigenvalue weighted by Gasteiger charge is -2.10. The lowest BCUT2D eigenvalue weighted by molar-refractivity contribution is 0.109. The van der Waals surface area contributed by atoms with E-state index in [1.807, 2.05) is 0 Å². The molecule has 3 N–H and O–H groups in total. The highest BCUT2D eigenvalue weighted by atomic mass is 35.5. The van der Waals surface area contributed by atoms with Gasteiger partial charge in [0.15, 0.2) is 0 Å². The summed E-state index contributed by atoms with van der Waals surface area (Å²) in [7, 11) is -3.12. The predicted octanol–water partition coefficient (Wildman–Crippen LogP) is -1.29. The molecule has 17 heavy (non-hydrogen) atoms. The first-order valence-electron chi connectivity index (χ1n) is 5.13. The van der Waals surface area contributed by atoms with E-state index >= 15 is 0 Å². The van der Waals surface area contributed by atoms with Gasteiger partial charge in [0.1, 0.15) is 0 Å². The predicted molar refractivity (Wildman–Crippen MR) is 67.6 cm³/mol. The molecule has 106 valence electrons. The molecule has 2 aliphatic rings. The summed E-state index contributed by atoms with van der Waals surface area (Å²) in [5.41, 5.74) is 0. The first-order valence-corrected chi connectivity index (χ1v) is 6.26. The molecule has 2 fully saturated rings. The Bertz CT molecular complexity index is 167. The van der Waals surface area contributed by atoms with Gasteiger partial charge in [0.25, 0.3) is 11.0 Å². The smallest absolute Gasteiger partial charge is 0.254 e. The van der Waals surface area contributed by atoms with Gasteiger partial charge in [-0.3, -0.25) is 4.55 Å². The van der Waals surface area contributed by atoms with Gasteiger partial charge >= 0.3 is 0 Å². The highest BCUT2D eigenvalue weighted by molar-refractivity contribution is 7.66. The van der Waals surface area contributed by atoms with Crippen molar-refractivity contribution in [2.75, 3.05) is 52.6 Å². The lowest BCUT2D eigenvalue weighted by Crippen LogP contribution is -2.30. The molecule has 2 heterocycles. The van der Waals surface area contributed by atoms with Crippen molar-refractivity contribution >= 4 is 23.4 Å². The van der Waals surface area contributed by atoms with Crippen molar-refractivity contribution in [3.8, 4) is 0 Å². The number of rotatable bonds is 0. The van der Waals surface area contributed by atoms with Crippen LogP contribution in [-0.2, 0) is 20.5 Å². The van der Waals surface area contributed by atoms with Crippen molar-refractivity contribution in [2.45, 2.75) is 0 Å². The Balaban J connectivity index is 0. The Morgan fingerprint density at radius 2 is 1.06 bits per heavy atom. The van der Waals surface area contributed by atoms with Crippen LogP contribution in [0.4, 0.5) is 0 Å². The van der Waals surface area contributed by atoms with Gasteiger partial charge in [-0.1, -0.05) is 0 Å². The number of hydrogen-bond donors (Lipinski definition) is 4. The highest BCUT2D eigenvalue weighted by Crippen LogP contribution is 1.77. The zero-order valence-corrected chi connectivity index (χ0v) is 11.3. The van der Waals surface area contributed by atoms with E-state index in [9.17, 15) is 0 Å². The van der Waals surface area contributed by atoms with Crippen LogP contribution in [0.25, 0.3) is 0 Å². The zero-order chi connectivity index (χ0) is 12.1. The van der Waals surface area contributed by atoms with Gasteiger partial charge in [-0.05, 0) is 0 Å². The van der Waals surface area contributed by atoms with E-state index in [0.29, 0.717) is 0 Å². The average molecular weight is 293 g/mol. The second kappa shape index (κ2) is 16.0. The molecule has 0 bridgehead atoms. The third-order valence-corrected chi connectivity index (χ3v) is 1.69. The minimum absolute atomic E-state index is 0. The number of hydrogen-bond acceptors (Lipinski definition) is 6. The maximum Gasteiger partial charge on any atom is 0.254 e. The lowest BCUT2D eigenvalue weighted by atomic mass is 10.5. The fourth-order valence-electron chi connectivity index (χ4n) is 1.03. The van der Waals surface area contributed by atoms with E-state index in [-0.39, 0.29) is 12.4 Å². The maximum absolute atomic E-state index is 8.59. The van der Waals surface area contributed by atoms with Crippen molar-refractivity contribution in [2.24, 2.45) is 0 Å². The van der Waals surface area contributed by atoms with Gasteiger partial charge in [-0.15, -0.1) is 12.4 Å². The van der Waals surface area contributed by atoms with Gasteiger partial charge in [-0.2, -0.15) is 0 Å². The molecule has 0 saturated carbocycles. The number of morpholine rings is 2. The van der Waals surface area contributed by atoms with Gasteiger partial charge in [0, 0.05) is 26.2 Å². The second-order valence-electron chi connectivity index (χ2n) is 2.96. The standard InChI is InChI=1S/2C4H9NO.ClH.H2O3S/c2*1-3-6-4-2-5-1;;1-4(2)3/h2*5H,1-4H2;1H;4H,(H,1,2,3). The van der Waals surface area contributed by atoms with Crippen LogP contribution in [0.15, 0.2) is 0 Å². The fourth-order valence-corrected chi connectivity index (χ4v) is 1.03. The Hall–Kier alpha value is 0.0400. The number of thiol groups is 1. The number of halogens is 1. The van der Waals surface area contributed by atoms with Crippen LogP contribution < -0.4 is 10.6 Å². The number of ether oxygens (including phenoxy) is 2. The van der Waals surface area contributed by atoms with E-state index in [2.05, 4.69) is 10.6 Å². The Morgan fingerprint density at radius 1 is 0.824 bits per heavy atom. The van der Waals surface area contributed by atoms with Gasteiger partial charge in [0.2, 0.25) is 0 Å². The SMILES string of the molecule is C1COCCN1.C1COCCN1.Cl.O=[SH](=O)O. The summed E-state index contributed by atoms with van der Waals surface area (Å²) < 4.78 is 34.2. The minimum Gasteiger partial charge on any atom is -0.379 e. The quantitative estimate of drug-likeness (QED) is 0.326. The third-order valence-electron chi connectivity index (χ3n) is 1.69. The summed E-state index contributed by atoms with van der Waals surface area (Å²) >= 11 is 0. The van der Waals surface area contributed by atoms with Crippen LogP contribution in [0, 0.1) is 0 Å². The van der Waals surface area contributed by atoms with Crippen molar-refractivity contribution < 1.29 is 22.4 Å². The minimum atomic E-state index is -3.12. The molecule has 7 nitrogen and oxygen atoms in total. The Labute approximate surface area is 109 Å². The van der Waals surface area contributed by atoms with Crippen LogP contribution in [0.3, 0.4) is 0 Å². The summed E-state index contributed by atoms with van der Waals surface area (Å²) in [4.78, 5) is 0. The topological polar surface area (TPSA) is 96.9 Å². The molecule has 0 atom stereocenters. The molecule has 0 radical (unpaired) electrons. The van der Waals surface area contributed by atoms with Crippen molar-refractivity contribution in [3.63, 3.8) is 0 Å². The van der Waals surface area contributed by atoms with Gasteiger partial charge in [-0.25, -0.2) is 8.42 Å². The van der Waals surface area contributed by atoms with Gasteiger partial charge < -0.3 is 20.1 Å². The molecule has 0 aromatic carbocycles. The van der Waals surface area contributed by atoms with Crippen LogP contribution in [0.2, 0.25) is 0 Å². The van der Waals surface area contributed by atoms with E-state index < -0.39 is 11.0 Å². The van der Waals surface area contributed by atoms with Crippen molar-refractivity contribution in [1.82, 2.24) is 10.6 Å². The van der Waals surface area contributed by atoms with Crippen LogP contribution in [0.1, 0.15) is 0 Å². The maximum atomic E-state index is 8.59. The molecular formula is C8H21ClN2O5S. The Morgan fingerprint density at radius 3 is 1.12 bits per heavy atom. The highest BCUT2D eigenvalue weighted by Gasteiger charge is 1.93. The van der Waals surface area contributed by atoms with E-state index in [1.165, 1.54) is 0 Å². The molecule has 0 aromatic heterocycles. The van der Waals surface area contributed by atoms with E-state index in [0.717, 1.165) is 52.6 Å². The molecule has 9 heteroatoms. The first-order chi connectivity index (χ1) is 7.73. The summed E-state index contributed by atoms with van der Waals surface area (Å²) in [6.07, 6.45) is 0. The molecule has 2 saturated heterocycles. The molecule has 2 aliphatic heterocycles. The first kappa shape index (κ1) is 19.4. The van der Waals surface area contributed by atoms with Crippen LogP contribution in [0.5, 0.6) is 0 Å². The largest absolute Gasteiger partial charge is 0.379 e. The molecule has 2 rings (SSSR count). The summed E-state index contributed by atoms with van der Waals surface area (Å²) in [5, 5.41) is 6.32. The second-order valence-corrected chi connectivity index (χ2v) is 3.44. The van der Waals surface area contributed by atoms with Crippen LogP contribution >= 0.6 is 12.4 Å². The van der Waals surface area contributed by atoms with Crippen LogP contribution in [-0.4, -0.2) is 65.6 Å². The Kier molecular flexibility index (Phi) is 18.3. The summed E-state index contributed by atoms with van der Waals surface area (Å²) in [5.74, 6) is 0. The number of nitrogens with one attached hydrogen (secondary N) is 2. The summed E-state index contributed by atoms with van der Waals surface area (Å²) in [6, 6.07) is 0. The van der Waals surface area contributed by atoms with E-state index in [4.69, 9.17) is 22.4 Å². The molecule has 0 unspecified atom stereocenters. The molecule has 0 spiro atoms. The third kappa shape index (κ3) is 21.8. The molecule has 0 aromatic rings. The zero-order valence-electron chi connectivity index (χ0n) is 9.59. The molecular weight excluding hydrogens is 272 g/mol. The van der Waals surface area contributed by atoms with E-state index in [1.54, 1.807) is 0 Å². The molecule has 0 amide bonds. The normalized spacial score (nSPS) is 18.9. The molecule has 0 aliphatic carbocycles. The van der Waals surface area contributed by atoms with Crippen molar-refractivity contribution in [1.29, 1.82) is 0 Å². The van der Waals surface area contributed by atoms with Crippen molar-refractivity contribution in [3.05, 3.63) is 0 Å². The summed E-state index contributed by atoms with van der Waals surface area (Å²) in [6.45, 7) is 7.67. The average Bonchev–Trinajstić information content (AvgIpc) is 2.34. The monoisotopic (exact) mass is 292 g/mol. The fraction of sp³-hybridized carbons (Fsp3) is 1.00. The van der Waals surface area contributed by atoms with Gasteiger partial charge in [0.05, 0.1) is 26.4 Å².